The Morgan fingerprint density at radius 3 is 2.70 bits per heavy atom. The Kier molecular flexibility index (Phi) is 4.30. The van der Waals surface area contributed by atoms with E-state index in [1.54, 1.807) is 18.3 Å². The van der Waals surface area contributed by atoms with Gasteiger partial charge in [-0.25, -0.2) is 8.42 Å². The Morgan fingerprint density at radius 2 is 2.00 bits per heavy atom. The maximum absolute atomic E-state index is 12.5. The van der Waals surface area contributed by atoms with E-state index in [1.807, 2.05) is 11.6 Å². The highest BCUT2D eigenvalue weighted by Gasteiger charge is 2.20. The Hall–Kier alpha value is -2.02. The molecular formula is C16H22N4O2S. The van der Waals surface area contributed by atoms with Gasteiger partial charge in [-0.2, -0.15) is 5.10 Å². The predicted octanol–water partition coefficient (Wildman–Crippen LogP) is 3.08. The molecule has 1 aliphatic rings. The summed E-state index contributed by atoms with van der Waals surface area (Å²) in [4.78, 5) is 0.155. The third-order valence-electron chi connectivity index (χ3n) is 4.28. The molecule has 7 heteroatoms. The van der Waals surface area contributed by atoms with Crippen molar-refractivity contribution in [3.05, 3.63) is 36.2 Å². The minimum atomic E-state index is -3.66. The van der Waals surface area contributed by atoms with Crippen molar-refractivity contribution in [3.8, 4) is 0 Å². The number of nitrogens with one attached hydrogen (secondary N) is 1. The first-order chi connectivity index (χ1) is 11.0. The van der Waals surface area contributed by atoms with E-state index in [0.717, 1.165) is 12.8 Å². The summed E-state index contributed by atoms with van der Waals surface area (Å²) in [6.45, 7) is 1.82. The third-order valence-corrected chi connectivity index (χ3v) is 5.64. The average Bonchev–Trinajstić information content (AvgIpc) is 2.89. The Morgan fingerprint density at radius 1 is 1.26 bits per heavy atom. The van der Waals surface area contributed by atoms with E-state index in [9.17, 15) is 8.42 Å². The lowest BCUT2D eigenvalue weighted by Gasteiger charge is -2.21. The van der Waals surface area contributed by atoms with Gasteiger partial charge in [-0.15, -0.1) is 0 Å². The van der Waals surface area contributed by atoms with E-state index in [0.29, 0.717) is 23.1 Å². The van der Waals surface area contributed by atoms with Crippen molar-refractivity contribution in [1.29, 1.82) is 0 Å². The molecule has 23 heavy (non-hydrogen) atoms. The molecular weight excluding hydrogens is 312 g/mol. The fraction of sp³-hybridized carbons (Fsp3) is 0.438. The van der Waals surface area contributed by atoms with Crippen LogP contribution < -0.4 is 10.5 Å². The van der Waals surface area contributed by atoms with Gasteiger partial charge in [0.25, 0.3) is 10.0 Å². The fourth-order valence-corrected chi connectivity index (χ4v) is 4.16. The van der Waals surface area contributed by atoms with Gasteiger partial charge in [0, 0.05) is 11.9 Å². The van der Waals surface area contributed by atoms with E-state index in [1.165, 1.54) is 31.4 Å². The number of benzene rings is 1. The highest BCUT2D eigenvalue weighted by atomic mass is 32.2. The molecule has 0 amide bonds. The van der Waals surface area contributed by atoms with Gasteiger partial charge in [0.05, 0.1) is 22.3 Å². The van der Waals surface area contributed by atoms with Gasteiger partial charge in [0.1, 0.15) is 0 Å². The minimum absolute atomic E-state index is 0.155. The summed E-state index contributed by atoms with van der Waals surface area (Å²) in [5, 5.41) is 4.49. The smallest absolute Gasteiger partial charge is 0.262 e. The molecule has 3 rings (SSSR count). The summed E-state index contributed by atoms with van der Waals surface area (Å²) in [5.41, 5.74) is 7.30. The van der Waals surface area contributed by atoms with Crippen LogP contribution in [0.25, 0.3) is 0 Å². The van der Waals surface area contributed by atoms with Crippen LogP contribution in [0, 0.1) is 6.92 Å². The molecule has 2 aromatic rings. The molecule has 3 N–H and O–H groups in total. The largest absolute Gasteiger partial charge is 0.399 e. The summed E-state index contributed by atoms with van der Waals surface area (Å²) in [6.07, 6.45) is 7.67. The Labute approximate surface area is 136 Å². The van der Waals surface area contributed by atoms with Crippen LogP contribution in [0.2, 0.25) is 0 Å². The topological polar surface area (TPSA) is 90.0 Å². The van der Waals surface area contributed by atoms with Crippen LogP contribution in [-0.4, -0.2) is 18.2 Å². The first-order valence-corrected chi connectivity index (χ1v) is 9.38. The van der Waals surface area contributed by atoms with Gasteiger partial charge >= 0.3 is 0 Å². The second-order valence-corrected chi connectivity index (χ2v) is 7.76. The molecule has 1 heterocycles. The van der Waals surface area contributed by atoms with Gasteiger partial charge in [-0.1, -0.05) is 25.3 Å². The van der Waals surface area contributed by atoms with Gasteiger partial charge < -0.3 is 5.73 Å². The molecule has 0 radical (unpaired) electrons. The number of rotatable bonds is 4. The van der Waals surface area contributed by atoms with Crippen LogP contribution in [0.15, 0.2) is 35.4 Å². The van der Waals surface area contributed by atoms with Crippen LogP contribution in [-0.2, 0) is 10.0 Å². The minimum Gasteiger partial charge on any atom is -0.399 e. The standard InChI is InChI=1S/C16H22N4O2S/c1-12-16(11-20(18-12)14-7-3-2-4-8-14)19-23(21,22)15-9-5-6-13(17)10-15/h5-6,9-11,14,19H,2-4,7-8,17H2,1H3. The highest BCUT2D eigenvalue weighted by Crippen LogP contribution is 2.29. The van der Waals surface area contributed by atoms with Crippen LogP contribution in [0.4, 0.5) is 11.4 Å². The number of aromatic nitrogens is 2. The molecule has 0 atom stereocenters. The van der Waals surface area contributed by atoms with Crippen LogP contribution in [0.5, 0.6) is 0 Å². The zero-order chi connectivity index (χ0) is 16.4. The zero-order valence-corrected chi connectivity index (χ0v) is 14.0. The zero-order valence-electron chi connectivity index (χ0n) is 13.2. The van der Waals surface area contributed by atoms with Crippen molar-refractivity contribution in [3.63, 3.8) is 0 Å². The number of nitrogens with zero attached hydrogens (tertiary/aromatic N) is 2. The molecule has 1 aromatic heterocycles. The fourth-order valence-electron chi connectivity index (χ4n) is 3.00. The molecule has 1 aliphatic carbocycles. The maximum Gasteiger partial charge on any atom is 0.262 e. The first kappa shape index (κ1) is 15.9. The maximum atomic E-state index is 12.5. The number of aryl methyl sites for hydroxylation is 1. The molecule has 0 bridgehead atoms. The van der Waals surface area contributed by atoms with E-state index in [-0.39, 0.29) is 4.90 Å². The second-order valence-electron chi connectivity index (χ2n) is 6.08. The molecule has 1 saturated carbocycles. The summed E-state index contributed by atoms with van der Waals surface area (Å²) in [7, 11) is -3.66. The lowest BCUT2D eigenvalue weighted by Crippen LogP contribution is -2.14. The molecule has 0 aliphatic heterocycles. The monoisotopic (exact) mass is 334 g/mol. The molecule has 6 nitrogen and oxygen atoms in total. The van der Waals surface area contributed by atoms with Crippen LogP contribution >= 0.6 is 0 Å². The third kappa shape index (κ3) is 3.50. The first-order valence-electron chi connectivity index (χ1n) is 7.90. The van der Waals surface area contributed by atoms with Crippen LogP contribution in [0.1, 0.15) is 43.8 Å². The van der Waals surface area contributed by atoms with Gasteiger partial charge in [-0.3, -0.25) is 9.40 Å². The SMILES string of the molecule is Cc1nn(C2CCCCC2)cc1NS(=O)(=O)c1cccc(N)c1. The lowest BCUT2D eigenvalue weighted by atomic mass is 9.96. The highest BCUT2D eigenvalue weighted by molar-refractivity contribution is 7.92. The second kappa shape index (κ2) is 6.23. The Balaban J connectivity index is 1.83. The number of anilines is 2. The summed E-state index contributed by atoms with van der Waals surface area (Å²) < 4.78 is 29.5. The van der Waals surface area contributed by atoms with Crippen molar-refractivity contribution in [1.82, 2.24) is 9.78 Å². The van der Waals surface area contributed by atoms with E-state index in [4.69, 9.17) is 5.73 Å². The lowest BCUT2D eigenvalue weighted by molar-refractivity contribution is 0.328. The van der Waals surface area contributed by atoms with Crippen molar-refractivity contribution < 1.29 is 8.42 Å². The summed E-state index contributed by atoms with van der Waals surface area (Å²) in [6, 6.07) is 6.63. The molecule has 0 unspecified atom stereocenters. The molecule has 0 spiro atoms. The Bertz CT molecular complexity index is 792. The molecule has 1 fully saturated rings. The number of nitrogen functional groups attached to an aromatic ring is 1. The van der Waals surface area contributed by atoms with Crippen molar-refractivity contribution in [2.24, 2.45) is 0 Å². The van der Waals surface area contributed by atoms with Gasteiger partial charge in [0.2, 0.25) is 0 Å². The van der Waals surface area contributed by atoms with E-state index < -0.39 is 10.0 Å². The normalized spacial score (nSPS) is 16.4. The van der Waals surface area contributed by atoms with Crippen molar-refractivity contribution >= 4 is 21.4 Å². The van der Waals surface area contributed by atoms with Crippen molar-refractivity contribution in [2.75, 3.05) is 10.5 Å². The molecule has 1 aromatic carbocycles. The number of nitrogens with two attached hydrogens (primary N) is 1. The number of sulfonamides is 1. The molecule has 0 saturated heterocycles. The quantitative estimate of drug-likeness (QED) is 0.841. The van der Waals surface area contributed by atoms with Crippen LogP contribution in [0.3, 0.4) is 0 Å². The van der Waals surface area contributed by atoms with Gasteiger partial charge in [-0.05, 0) is 38.0 Å². The van der Waals surface area contributed by atoms with E-state index >= 15 is 0 Å². The van der Waals surface area contributed by atoms with Gasteiger partial charge in [0.15, 0.2) is 0 Å². The van der Waals surface area contributed by atoms with Crippen molar-refractivity contribution in [2.45, 2.75) is 50.0 Å². The predicted molar refractivity (Wildman–Crippen MR) is 90.7 cm³/mol. The average molecular weight is 334 g/mol. The summed E-state index contributed by atoms with van der Waals surface area (Å²) >= 11 is 0. The molecule has 124 valence electrons. The van der Waals surface area contributed by atoms with E-state index in [2.05, 4.69) is 9.82 Å². The number of hydrogen-bond acceptors (Lipinski definition) is 4. The summed E-state index contributed by atoms with van der Waals surface area (Å²) in [5.74, 6) is 0. The number of hydrogen-bond donors (Lipinski definition) is 2.